The summed E-state index contributed by atoms with van der Waals surface area (Å²) in [6.07, 6.45) is 0.0898. The average molecular weight is 253 g/mol. The van der Waals surface area contributed by atoms with Crippen molar-refractivity contribution in [3.63, 3.8) is 0 Å². The molecular formula is C12H22F3NO. The van der Waals surface area contributed by atoms with E-state index in [4.69, 9.17) is 0 Å². The van der Waals surface area contributed by atoms with Crippen LogP contribution in [-0.2, 0) is 0 Å². The molecule has 0 saturated heterocycles. The molecule has 0 spiro atoms. The molecule has 0 aromatic rings. The summed E-state index contributed by atoms with van der Waals surface area (Å²) in [6, 6.07) is 0. The minimum absolute atomic E-state index is 0.0365. The molecule has 1 saturated carbocycles. The summed E-state index contributed by atoms with van der Waals surface area (Å²) in [5.74, 6) is 0.570. The van der Waals surface area contributed by atoms with Gasteiger partial charge in [0.05, 0.1) is 12.5 Å². The van der Waals surface area contributed by atoms with Crippen molar-refractivity contribution in [3.05, 3.63) is 0 Å². The van der Waals surface area contributed by atoms with Crippen molar-refractivity contribution < 1.29 is 18.3 Å². The molecule has 0 radical (unpaired) electrons. The van der Waals surface area contributed by atoms with Crippen LogP contribution in [0.15, 0.2) is 0 Å². The Morgan fingerprint density at radius 1 is 1.29 bits per heavy atom. The van der Waals surface area contributed by atoms with Gasteiger partial charge in [-0.1, -0.05) is 25.7 Å². The van der Waals surface area contributed by atoms with Crippen molar-refractivity contribution in [3.8, 4) is 0 Å². The van der Waals surface area contributed by atoms with Crippen LogP contribution in [0.2, 0.25) is 0 Å². The van der Waals surface area contributed by atoms with Gasteiger partial charge in [-0.25, -0.2) is 0 Å². The standard InChI is InChI=1S/C12H22F3NO/c1-16(7-6-12(13,14)15)9-11(17)8-10-4-2-3-5-10/h10-11,17H,2-9H2,1H3. The average Bonchev–Trinajstić information content (AvgIpc) is 2.66. The van der Waals surface area contributed by atoms with Gasteiger partial charge in [-0.2, -0.15) is 13.2 Å². The van der Waals surface area contributed by atoms with Crippen LogP contribution in [0.5, 0.6) is 0 Å². The van der Waals surface area contributed by atoms with Gasteiger partial charge in [0.25, 0.3) is 0 Å². The number of rotatable bonds is 6. The molecule has 102 valence electrons. The Hall–Kier alpha value is -0.290. The molecule has 0 bridgehead atoms. The predicted molar refractivity (Wildman–Crippen MR) is 60.8 cm³/mol. The first-order valence-electron chi connectivity index (χ1n) is 6.30. The number of aliphatic hydroxyl groups is 1. The number of halogens is 3. The molecule has 0 heterocycles. The molecule has 17 heavy (non-hydrogen) atoms. The largest absolute Gasteiger partial charge is 0.392 e. The van der Waals surface area contributed by atoms with E-state index in [1.54, 1.807) is 11.9 Å². The summed E-state index contributed by atoms with van der Waals surface area (Å²) in [5.41, 5.74) is 0. The SMILES string of the molecule is CN(CCC(F)(F)F)CC(O)CC1CCCC1. The molecule has 2 nitrogen and oxygen atoms in total. The smallest absolute Gasteiger partial charge is 0.390 e. The normalized spacial score (nSPS) is 20.1. The van der Waals surface area contributed by atoms with Gasteiger partial charge in [-0.3, -0.25) is 0 Å². The van der Waals surface area contributed by atoms with Crippen LogP contribution in [-0.4, -0.2) is 42.4 Å². The van der Waals surface area contributed by atoms with Crippen LogP contribution in [0.3, 0.4) is 0 Å². The molecule has 1 aliphatic carbocycles. The highest BCUT2D eigenvalue weighted by molar-refractivity contribution is 4.73. The van der Waals surface area contributed by atoms with E-state index >= 15 is 0 Å². The first-order valence-corrected chi connectivity index (χ1v) is 6.30. The molecule has 0 amide bonds. The van der Waals surface area contributed by atoms with Crippen LogP contribution in [0.4, 0.5) is 13.2 Å². The highest BCUT2D eigenvalue weighted by Crippen LogP contribution is 2.28. The third-order valence-corrected chi connectivity index (χ3v) is 3.38. The minimum atomic E-state index is -4.11. The molecule has 1 rings (SSSR count). The molecule has 1 atom stereocenters. The Kier molecular flexibility index (Phi) is 5.73. The zero-order chi connectivity index (χ0) is 12.9. The fourth-order valence-corrected chi connectivity index (χ4v) is 2.47. The second kappa shape index (κ2) is 6.59. The molecule has 1 aliphatic rings. The lowest BCUT2D eigenvalue weighted by atomic mass is 10.00. The fraction of sp³-hybridized carbons (Fsp3) is 1.00. The van der Waals surface area contributed by atoms with Crippen molar-refractivity contribution in [2.24, 2.45) is 5.92 Å². The number of hydrogen-bond acceptors (Lipinski definition) is 2. The number of likely N-dealkylation sites (N-methyl/N-ethyl adjacent to an activating group) is 1. The number of alkyl halides is 3. The Balaban J connectivity index is 2.14. The third-order valence-electron chi connectivity index (χ3n) is 3.38. The summed E-state index contributed by atoms with van der Waals surface area (Å²) in [4.78, 5) is 1.56. The number of nitrogens with zero attached hydrogens (tertiary/aromatic N) is 1. The van der Waals surface area contributed by atoms with E-state index in [0.717, 1.165) is 19.3 Å². The van der Waals surface area contributed by atoms with E-state index < -0.39 is 18.7 Å². The van der Waals surface area contributed by atoms with Crippen LogP contribution >= 0.6 is 0 Å². The Labute approximate surface area is 101 Å². The highest BCUT2D eigenvalue weighted by atomic mass is 19.4. The van der Waals surface area contributed by atoms with Crippen molar-refractivity contribution in [2.45, 2.75) is 50.8 Å². The van der Waals surface area contributed by atoms with Gasteiger partial charge < -0.3 is 10.0 Å². The van der Waals surface area contributed by atoms with E-state index in [1.165, 1.54) is 12.8 Å². The maximum Gasteiger partial charge on any atom is 0.390 e. The number of hydrogen-bond donors (Lipinski definition) is 1. The van der Waals surface area contributed by atoms with Crippen molar-refractivity contribution >= 4 is 0 Å². The Morgan fingerprint density at radius 2 is 1.88 bits per heavy atom. The van der Waals surface area contributed by atoms with E-state index in [-0.39, 0.29) is 6.54 Å². The van der Waals surface area contributed by atoms with Crippen LogP contribution in [0.25, 0.3) is 0 Å². The maximum absolute atomic E-state index is 12.0. The van der Waals surface area contributed by atoms with E-state index in [0.29, 0.717) is 12.5 Å². The molecular weight excluding hydrogens is 231 g/mol. The van der Waals surface area contributed by atoms with Gasteiger partial charge in [0, 0.05) is 13.1 Å². The monoisotopic (exact) mass is 253 g/mol. The van der Waals surface area contributed by atoms with Crippen LogP contribution < -0.4 is 0 Å². The molecule has 0 aromatic heterocycles. The van der Waals surface area contributed by atoms with E-state index in [2.05, 4.69) is 0 Å². The fourth-order valence-electron chi connectivity index (χ4n) is 2.47. The topological polar surface area (TPSA) is 23.5 Å². The molecule has 0 aromatic carbocycles. The molecule has 0 aliphatic heterocycles. The number of aliphatic hydroxyl groups excluding tert-OH is 1. The van der Waals surface area contributed by atoms with Crippen molar-refractivity contribution in [1.29, 1.82) is 0 Å². The Bertz CT molecular complexity index is 214. The lowest BCUT2D eigenvalue weighted by Gasteiger charge is -2.22. The third kappa shape index (κ3) is 6.88. The molecule has 5 heteroatoms. The van der Waals surface area contributed by atoms with Crippen LogP contribution in [0, 0.1) is 5.92 Å². The maximum atomic E-state index is 12.0. The molecule has 1 fully saturated rings. The summed E-state index contributed by atoms with van der Waals surface area (Å²) in [7, 11) is 1.63. The molecule has 1 unspecified atom stereocenters. The van der Waals surface area contributed by atoms with Gasteiger partial charge in [0.15, 0.2) is 0 Å². The summed E-state index contributed by atoms with van der Waals surface area (Å²) in [5, 5.41) is 9.79. The summed E-state index contributed by atoms with van der Waals surface area (Å²) in [6.45, 7) is 0.303. The van der Waals surface area contributed by atoms with Crippen molar-refractivity contribution in [1.82, 2.24) is 4.90 Å². The zero-order valence-corrected chi connectivity index (χ0v) is 10.3. The quantitative estimate of drug-likeness (QED) is 0.787. The van der Waals surface area contributed by atoms with Crippen LogP contribution in [0.1, 0.15) is 38.5 Å². The molecule has 1 N–H and O–H groups in total. The van der Waals surface area contributed by atoms with E-state index in [1.807, 2.05) is 0 Å². The minimum Gasteiger partial charge on any atom is -0.392 e. The van der Waals surface area contributed by atoms with Gasteiger partial charge >= 0.3 is 6.18 Å². The summed E-state index contributed by atoms with van der Waals surface area (Å²) < 4.78 is 36.0. The zero-order valence-electron chi connectivity index (χ0n) is 10.3. The summed E-state index contributed by atoms with van der Waals surface area (Å²) >= 11 is 0. The first-order chi connectivity index (χ1) is 7.87. The lowest BCUT2D eigenvalue weighted by molar-refractivity contribution is -0.138. The second-order valence-corrected chi connectivity index (χ2v) is 5.17. The van der Waals surface area contributed by atoms with Gasteiger partial charge in [-0.15, -0.1) is 0 Å². The Morgan fingerprint density at radius 3 is 2.41 bits per heavy atom. The van der Waals surface area contributed by atoms with Gasteiger partial charge in [-0.05, 0) is 19.4 Å². The highest BCUT2D eigenvalue weighted by Gasteiger charge is 2.27. The van der Waals surface area contributed by atoms with E-state index in [9.17, 15) is 18.3 Å². The lowest BCUT2D eigenvalue weighted by Crippen LogP contribution is -2.32. The predicted octanol–water partition coefficient (Wildman–Crippen LogP) is 2.81. The van der Waals surface area contributed by atoms with Crippen molar-refractivity contribution in [2.75, 3.05) is 20.1 Å². The van der Waals surface area contributed by atoms with Gasteiger partial charge in [0.2, 0.25) is 0 Å². The first kappa shape index (κ1) is 14.8. The second-order valence-electron chi connectivity index (χ2n) is 5.17. The van der Waals surface area contributed by atoms with Gasteiger partial charge in [0.1, 0.15) is 0 Å².